The second kappa shape index (κ2) is 10.2. The second-order valence-corrected chi connectivity index (χ2v) is 9.48. The molecule has 4 rings (SSSR count). The van der Waals surface area contributed by atoms with Crippen LogP contribution in [-0.4, -0.2) is 55.5 Å². The van der Waals surface area contributed by atoms with E-state index in [1.54, 1.807) is 29.9 Å². The number of benzene rings is 2. The van der Waals surface area contributed by atoms with Gasteiger partial charge in [0.1, 0.15) is 0 Å². The first-order chi connectivity index (χ1) is 16.7. The van der Waals surface area contributed by atoms with Crippen molar-refractivity contribution in [2.75, 3.05) is 6.54 Å². The Morgan fingerprint density at radius 3 is 2.51 bits per heavy atom. The molecule has 1 saturated heterocycles. The van der Waals surface area contributed by atoms with E-state index in [-0.39, 0.29) is 0 Å². The van der Waals surface area contributed by atoms with Gasteiger partial charge in [0, 0.05) is 24.0 Å². The number of aromatic nitrogens is 2. The average Bonchev–Trinajstić information content (AvgIpc) is 3.53. The number of aliphatic hydroxyl groups excluding tert-OH is 2. The van der Waals surface area contributed by atoms with E-state index in [0.717, 1.165) is 23.2 Å². The minimum absolute atomic E-state index is 0.409. The quantitative estimate of drug-likeness (QED) is 0.466. The highest BCUT2D eigenvalue weighted by atomic mass is 35.5. The fraction of sp³-hybridized carbons (Fsp3) is 0.346. The van der Waals surface area contributed by atoms with Crippen molar-refractivity contribution in [3.63, 3.8) is 0 Å². The lowest BCUT2D eigenvalue weighted by Gasteiger charge is -2.37. The Labute approximate surface area is 209 Å². The van der Waals surface area contributed by atoms with Gasteiger partial charge in [0.2, 0.25) is 0 Å². The molecule has 4 atom stereocenters. The SMILES string of the molecule is C[C@@H](NC(=O)[C@H](O)[C@@H](O)C(=O)N1CCC[C@]1(C)c1cccc(Cl)c1)c1ccc(-n2cccn2)cc1. The van der Waals surface area contributed by atoms with E-state index < -0.39 is 35.6 Å². The molecule has 0 saturated carbocycles. The topological polar surface area (TPSA) is 108 Å². The monoisotopic (exact) mass is 496 g/mol. The lowest BCUT2D eigenvalue weighted by Crippen LogP contribution is -2.54. The van der Waals surface area contributed by atoms with E-state index in [2.05, 4.69) is 10.4 Å². The van der Waals surface area contributed by atoms with E-state index in [1.165, 1.54) is 4.90 Å². The smallest absolute Gasteiger partial charge is 0.255 e. The number of aliphatic hydroxyl groups is 2. The molecule has 2 amide bonds. The first-order valence-electron chi connectivity index (χ1n) is 11.5. The third-order valence-electron chi connectivity index (χ3n) is 6.70. The molecule has 9 heteroatoms. The van der Waals surface area contributed by atoms with Crippen molar-refractivity contribution in [3.8, 4) is 5.69 Å². The molecule has 0 radical (unpaired) electrons. The van der Waals surface area contributed by atoms with Gasteiger partial charge in [-0.1, -0.05) is 35.9 Å². The molecule has 2 heterocycles. The highest BCUT2D eigenvalue weighted by Crippen LogP contribution is 2.39. The van der Waals surface area contributed by atoms with Crippen LogP contribution in [0.25, 0.3) is 5.69 Å². The maximum atomic E-state index is 13.2. The normalized spacial score (nSPS) is 20.3. The number of carbonyl (C=O) groups excluding carboxylic acids is 2. The Morgan fingerprint density at radius 1 is 1.11 bits per heavy atom. The summed E-state index contributed by atoms with van der Waals surface area (Å²) in [5, 5.41) is 28.6. The number of amides is 2. The van der Waals surface area contributed by atoms with Gasteiger partial charge in [-0.25, -0.2) is 4.68 Å². The van der Waals surface area contributed by atoms with E-state index in [4.69, 9.17) is 11.6 Å². The largest absolute Gasteiger partial charge is 0.380 e. The molecule has 1 fully saturated rings. The minimum Gasteiger partial charge on any atom is -0.380 e. The zero-order chi connectivity index (χ0) is 25.2. The number of likely N-dealkylation sites (tertiary alicyclic amines) is 1. The molecular weight excluding hydrogens is 468 g/mol. The molecule has 0 spiro atoms. The van der Waals surface area contributed by atoms with Gasteiger partial charge < -0.3 is 20.4 Å². The molecule has 3 N–H and O–H groups in total. The number of carbonyl (C=O) groups is 2. The molecule has 2 aromatic carbocycles. The molecule has 35 heavy (non-hydrogen) atoms. The van der Waals surface area contributed by atoms with Crippen molar-refractivity contribution >= 4 is 23.4 Å². The van der Waals surface area contributed by atoms with Gasteiger partial charge in [-0.2, -0.15) is 5.10 Å². The van der Waals surface area contributed by atoms with Gasteiger partial charge in [0.25, 0.3) is 11.8 Å². The second-order valence-electron chi connectivity index (χ2n) is 9.04. The zero-order valence-electron chi connectivity index (χ0n) is 19.6. The fourth-order valence-electron chi connectivity index (χ4n) is 4.60. The number of rotatable bonds is 7. The summed E-state index contributed by atoms with van der Waals surface area (Å²) in [7, 11) is 0. The highest BCUT2D eigenvalue weighted by Gasteiger charge is 2.45. The van der Waals surface area contributed by atoms with Crippen LogP contribution in [0.4, 0.5) is 0 Å². The van der Waals surface area contributed by atoms with E-state index in [9.17, 15) is 19.8 Å². The molecule has 8 nitrogen and oxygen atoms in total. The highest BCUT2D eigenvalue weighted by molar-refractivity contribution is 6.30. The van der Waals surface area contributed by atoms with Crippen LogP contribution in [0.1, 0.15) is 43.9 Å². The Morgan fingerprint density at radius 2 is 1.86 bits per heavy atom. The van der Waals surface area contributed by atoms with Crippen molar-refractivity contribution in [2.45, 2.75) is 50.5 Å². The summed E-state index contributed by atoms with van der Waals surface area (Å²) < 4.78 is 1.72. The van der Waals surface area contributed by atoms with Gasteiger partial charge in [-0.15, -0.1) is 0 Å². The average molecular weight is 497 g/mol. The van der Waals surface area contributed by atoms with Gasteiger partial charge >= 0.3 is 0 Å². The fourth-order valence-corrected chi connectivity index (χ4v) is 4.79. The number of nitrogens with one attached hydrogen (secondary N) is 1. The summed E-state index contributed by atoms with van der Waals surface area (Å²) in [5.41, 5.74) is 1.82. The molecule has 3 aromatic rings. The molecule has 184 valence electrons. The van der Waals surface area contributed by atoms with Crippen LogP contribution < -0.4 is 5.32 Å². The summed E-state index contributed by atoms with van der Waals surface area (Å²) in [5.74, 6) is -1.51. The number of hydrogen-bond donors (Lipinski definition) is 3. The van der Waals surface area contributed by atoms with Gasteiger partial charge in [-0.05, 0) is 68.1 Å². The van der Waals surface area contributed by atoms with Crippen LogP contribution in [0.15, 0.2) is 67.0 Å². The standard InChI is InChI=1S/C26H29ClN4O4/c1-17(18-8-10-21(11-9-18)31-15-5-13-28-31)29-24(34)22(32)23(33)25(35)30-14-4-12-26(30,2)19-6-3-7-20(27)16-19/h3,5-11,13,15-17,22-23,32-33H,4,12,14H2,1-2H3,(H,29,34)/t17-,22-,23-,26-/m1/s1. The van der Waals surface area contributed by atoms with Crippen LogP contribution in [0.2, 0.25) is 5.02 Å². The van der Waals surface area contributed by atoms with Crippen LogP contribution in [-0.2, 0) is 15.1 Å². The minimum atomic E-state index is -1.91. The first kappa shape index (κ1) is 24.9. The van der Waals surface area contributed by atoms with Crippen LogP contribution >= 0.6 is 11.6 Å². The van der Waals surface area contributed by atoms with Gasteiger partial charge in [-0.3, -0.25) is 9.59 Å². The number of hydrogen-bond acceptors (Lipinski definition) is 5. The summed E-state index contributed by atoms with van der Waals surface area (Å²) in [6.07, 6.45) is 1.13. The van der Waals surface area contributed by atoms with Crippen LogP contribution in [0.3, 0.4) is 0 Å². The Kier molecular flexibility index (Phi) is 7.25. The predicted molar refractivity (Wildman–Crippen MR) is 132 cm³/mol. The van der Waals surface area contributed by atoms with Crippen molar-refractivity contribution < 1.29 is 19.8 Å². The van der Waals surface area contributed by atoms with Crippen molar-refractivity contribution in [1.82, 2.24) is 20.0 Å². The van der Waals surface area contributed by atoms with E-state index in [1.807, 2.05) is 55.6 Å². The Hall–Kier alpha value is -3.20. The lowest BCUT2D eigenvalue weighted by atomic mass is 9.89. The zero-order valence-corrected chi connectivity index (χ0v) is 20.4. The third kappa shape index (κ3) is 5.10. The van der Waals surface area contributed by atoms with Crippen LogP contribution in [0, 0.1) is 0 Å². The molecule has 1 aliphatic heterocycles. The molecule has 0 unspecified atom stereocenters. The van der Waals surface area contributed by atoms with Gasteiger partial charge in [0.15, 0.2) is 12.2 Å². The first-order valence-corrected chi connectivity index (χ1v) is 11.9. The molecule has 0 bridgehead atoms. The van der Waals surface area contributed by atoms with Crippen molar-refractivity contribution in [3.05, 3.63) is 83.1 Å². The number of halogens is 1. The molecule has 1 aliphatic rings. The molecule has 1 aromatic heterocycles. The predicted octanol–water partition coefficient (Wildman–Crippen LogP) is 2.96. The van der Waals surface area contributed by atoms with E-state index in [0.29, 0.717) is 18.0 Å². The maximum absolute atomic E-state index is 13.2. The van der Waals surface area contributed by atoms with Crippen LogP contribution in [0.5, 0.6) is 0 Å². The van der Waals surface area contributed by atoms with Gasteiger partial charge in [0.05, 0.1) is 17.3 Å². The number of nitrogens with zero attached hydrogens (tertiary/aromatic N) is 3. The summed E-state index contributed by atoms with van der Waals surface area (Å²) in [4.78, 5) is 27.4. The lowest BCUT2D eigenvalue weighted by molar-refractivity contribution is -0.156. The van der Waals surface area contributed by atoms with Crippen molar-refractivity contribution in [1.29, 1.82) is 0 Å². The maximum Gasteiger partial charge on any atom is 0.255 e. The Balaban J connectivity index is 1.41. The Bertz CT molecular complexity index is 1180. The third-order valence-corrected chi connectivity index (χ3v) is 6.93. The summed E-state index contributed by atoms with van der Waals surface area (Å²) in [6, 6.07) is 16.0. The van der Waals surface area contributed by atoms with E-state index >= 15 is 0 Å². The summed E-state index contributed by atoms with van der Waals surface area (Å²) >= 11 is 6.15. The summed E-state index contributed by atoms with van der Waals surface area (Å²) in [6.45, 7) is 4.07. The van der Waals surface area contributed by atoms with Crippen molar-refractivity contribution in [2.24, 2.45) is 0 Å². The molecule has 0 aliphatic carbocycles. The molecular formula is C26H29ClN4O4.